The van der Waals surface area contributed by atoms with Crippen molar-refractivity contribution in [1.29, 1.82) is 0 Å². The Labute approximate surface area is 376 Å². The van der Waals surface area contributed by atoms with Gasteiger partial charge in [-0.05, 0) is 50.2 Å². The van der Waals surface area contributed by atoms with Crippen LogP contribution in [0.4, 0.5) is 0 Å². The predicted molar refractivity (Wildman–Crippen MR) is 231 cm³/mol. The van der Waals surface area contributed by atoms with Gasteiger partial charge in [0.1, 0.15) is 22.8 Å². The van der Waals surface area contributed by atoms with E-state index in [0.717, 1.165) is 0 Å². The molecule has 0 amide bonds. The third kappa shape index (κ3) is 6.39. The van der Waals surface area contributed by atoms with Crippen LogP contribution in [0, 0.1) is 13.8 Å². The lowest BCUT2D eigenvalue weighted by Crippen LogP contribution is -2.07. The average Bonchev–Trinajstić information content (AvgIpc) is 4.20. The molecule has 6 aromatic heterocycles. The standard InChI is InChI=1S/C15H13N5O3.2C14H11N5O3/c1-4-11-17-18-15-16-12-7-5-9(22-2)10(23-3)6-8(7)14(21)13(12)19-20(11)15;1-6-16-17-14-15-12-11(18-19(6)14)7-4-9(21-2)10(22-3)5-8(7)13(12)20;1-6-16-17-14-15-11-7-4-9(21-2)10(22-3)5-8(7)13(20)12(11)18-19(6)14/h5-6H,4H2,1-3H3;2*4-5H,1-3H3. The molecule has 0 saturated carbocycles. The maximum atomic E-state index is 12.7. The highest BCUT2D eigenvalue weighted by molar-refractivity contribution is 6.21. The molecule has 0 unspecified atom stereocenters. The van der Waals surface area contributed by atoms with Gasteiger partial charge in [0.2, 0.25) is 17.3 Å². The third-order valence-electron chi connectivity index (χ3n) is 11.2. The molecule has 3 aliphatic rings. The molecule has 0 spiro atoms. The van der Waals surface area contributed by atoms with Crippen molar-refractivity contribution in [2.75, 3.05) is 42.7 Å². The third-order valence-corrected chi connectivity index (χ3v) is 11.2. The van der Waals surface area contributed by atoms with Crippen molar-refractivity contribution in [2.24, 2.45) is 0 Å². The van der Waals surface area contributed by atoms with Crippen molar-refractivity contribution >= 4 is 34.7 Å². The largest absolute Gasteiger partial charge is 0.493 e. The van der Waals surface area contributed by atoms with Gasteiger partial charge in [-0.25, -0.2) is 15.0 Å². The fourth-order valence-electron chi connectivity index (χ4n) is 7.86. The Morgan fingerprint density at radius 1 is 0.388 bits per heavy atom. The molecule has 24 nitrogen and oxygen atoms in total. The highest BCUT2D eigenvalue weighted by Crippen LogP contribution is 2.44. The summed E-state index contributed by atoms with van der Waals surface area (Å²) in [5.41, 5.74) is 5.79. The van der Waals surface area contributed by atoms with E-state index in [-0.39, 0.29) is 34.4 Å². The van der Waals surface area contributed by atoms with Crippen LogP contribution in [0.25, 0.3) is 51.1 Å². The number of carbonyl (C=O) groups is 3. The van der Waals surface area contributed by atoms with Crippen LogP contribution < -0.4 is 28.4 Å². The molecule has 0 radical (unpaired) electrons. The van der Waals surface area contributed by atoms with E-state index < -0.39 is 0 Å². The lowest BCUT2D eigenvalue weighted by molar-refractivity contribution is 0.102. The van der Waals surface area contributed by atoms with Crippen LogP contribution in [0.2, 0.25) is 0 Å². The van der Waals surface area contributed by atoms with Gasteiger partial charge in [-0.15, -0.1) is 30.6 Å². The summed E-state index contributed by atoms with van der Waals surface area (Å²) in [5.74, 6) is 5.33. The highest BCUT2D eigenvalue weighted by atomic mass is 16.5. The Kier molecular flexibility index (Phi) is 9.92. The molecular weight excluding hydrogens is 871 g/mol. The van der Waals surface area contributed by atoms with Crippen LogP contribution in [-0.4, -0.2) is 134 Å². The van der Waals surface area contributed by atoms with E-state index in [1.54, 1.807) is 71.6 Å². The summed E-state index contributed by atoms with van der Waals surface area (Å²) in [5, 5.41) is 36.9. The second-order valence-corrected chi connectivity index (χ2v) is 14.8. The fraction of sp³-hybridized carbons (Fsp3) is 0.233. The number of ether oxygens (including phenoxy) is 6. The van der Waals surface area contributed by atoms with Crippen LogP contribution >= 0.6 is 0 Å². The van der Waals surface area contributed by atoms with E-state index in [4.69, 9.17) is 28.4 Å². The number of aryl methyl sites for hydroxylation is 3. The minimum Gasteiger partial charge on any atom is -0.493 e. The zero-order valence-corrected chi connectivity index (χ0v) is 37.1. The summed E-state index contributed by atoms with van der Waals surface area (Å²) in [7, 11) is 9.20. The number of ketones is 3. The summed E-state index contributed by atoms with van der Waals surface area (Å²) in [6, 6.07) is 10.1. The second kappa shape index (κ2) is 15.9. The lowest BCUT2D eigenvalue weighted by Gasteiger charge is -2.09. The minimum absolute atomic E-state index is 0.193. The average molecular weight is 906 g/mol. The summed E-state index contributed by atoms with van der Waals surface area (Å²) in [4.78, 5) is 50.9. The SMILES string of the molecule is CCc1nnc2nc3c(nn12)C(=O)c1cc(OC)c(OC)cc1-3.COc1cc2c(cc1OC)-c1nc3nnc(C)n3nc1C2=O.COc1cc2c(cc1OC)-c1nn3c(C)nnc3nc1C2=O. The van der Waals surface area contributed by atoms with Crippen molar-refractivity contribution in [2.45, 2.75) is 27.2 Å². The number of nitrogens with zero attached hydrogens (tertiary/aromatic N) is 15. The van der Waals surface area contributed by atoms with Gasteiger partial charge in [0.25, 0.3) is 17.3 Å². The molecular formula is C43H35N15O9. The molecule has 0 fully saturated rings. The predicted octanol–water partition coefficient (Wildman–Crippen LogP) is 3.42. The van der Waals surface area contributed by atoms with Crippen LogP contribution in [0.5, 0.6) is 34.5 Å². The number of methoxy groups -OCH3 is 6. The van der Waals surface area contributed by atoms with Gasteiger partial charge < -0.3 is 28.4 Å². The first kappa shape index (κ1) is 41.9. The smallest absolute Gasteiger partial charge is 0.272 e. The molecule has 0 bridgehead atoms. The van der Waals surface area contributed by atoms with E-state index in [1.165, 1.54) is 34.9 Å². The van der Waals surface area contributed by atoms with Gasteiger partial charge in [0.15, 0.2) is 63.4 Å². The molecule has 67 heavy (non-hydrogen) atoms. The Morgan fingerprint density at radius 3 is 1.10 bits per heavy atom. The van der Waals surface area contributed by atoms with Gasteiger partial charge in [0.05, 0.1) is 42.7 Å². The molecule has 9 aromatic rings. The quantitative estimate of drug-likeness (QED) is 0.221. The number of hydrogen-bond acceptors (Lipinski definition) is 21. The van der Waals surface area contributed by atoms with Crippen molar-refractivity contribution in [1.82, 2.24) is 74.4 Å². The number of benzene rings is 3. The number of rotatable bonds is 7. The molecule has 12 rings (SSSR count). The van der Waals surface area contributed by atoms with Crippen LogP contribution in [0.1, 0.15) is 72.6 Å². The molecule has 0 atom stereocenters. The number of fused-ring (bicyclic) bond motifs is 12. The highest BCUT2D eigenvalue weighted by Gasteiger charge is 2.36. The van der Waals surface area contributed by atoms with Crippen molar-refractivity contribution in [3.8, 4) is 68.3 Å². The fourth-order valence-corrected chi connectivity index (χ4v) is 7.86. The van der Waals surface area contributed by atoms with Gasteiger partial charge in [-0.2, -0.15) is 28.8 Å². The molecule has 0 N–H and O–H groups in total. The Morgan fingerprint density at radius 2 is 0.701 bits per heavy atom. The van der Waals surface area contributed by atoms with E-state index in [0.29, 0.717) is 126 Å². The molecule has 3 aliphatic carbocycles. The number of aromatic nitrogens is 15. The zero-order valence-electron chi connectivity index (χ0n) is 37.1. The maximum Gasteiger partial charge on any atom is 0.272 e. The summed E-state index contributed by atoms with van der Waals surface area (Å²) in [6.07, 6.45) is 0.650. The van der Waals surface area contributed by atoms with Crippen molar-refractivity contribution < 1.29 is 42.8 Å². The summed E-state index contributed by atoms with van der Waals surface area (Å²) < 4.78 is 36.1. The Hall–Kier alpha value is -9.09. The van der Waals surface area contributed by atoms with Crippen LogP contribution in [-0.2, 0) is 6.42 Å². The molecule has 0 saturated heterocycles. The van der Waals surface area contributed by atoms with Crippen LogP contribution in [0.3, 0.4) is 0 Å². The first-order valence-corrected chi connectivity index (χ1v) is 20.2. The van der Waals surface area contributed by atoms with Crippen LogP contribution in [0.15, 0.2) is 36.4 Å². The van der Waals surface area contributed by atoms with Gasteiger partial charge in [-0.3, -0.25) is 14.4 Å². The summed E-state index contributed by atoms with van der Waals surface area (Å²) in [6.45, 7) is 5.46. The molecule has 336 valence electrons. The topological polar surface area (TPSA) is 274 Å². The van der Waals surface area contributed by atoms with Gasteiger partial charge >= 0.3 is 0 Å². The number of carbonyl (C=O) groups excluding carboxylic acids is 3. The maximum absolute atomic E-state index is 12.7. The van der Waals surface area contributed by atoms with E-state index in [1.807, 2.05) is 6.92 Å². The van der Waals surface area contributed by atoms with Gasteiger partial charge in [-0.1, -0.05) is 6.92 Å². The first-order valence-electron chi connectivity index (χ1n) is 20.2. The van der Waals surface area contributed by atoms with Gasteiger partial charge in [0, 0.05) is 39.8 Å². The molecule has 24 heteroatoms. The van der Waals surface area contributed by atoms with Crippen molar-refractivity contribution in [3.05, 3.63) is 87.6 Å². The molecule has 6 heterocycles. The second-order valence-electron chi connectivity index (χ2n) is 14.8. The Bertz CT molecular complexity index is 3600. The van der Waals surface area contributed by atoms with E-state index in [9.17, 15) is 14.4 Å². The minimum atomic E-state index is -0.207. The Balaban J connectivity index is 0.000000118. The first-order chi connectivity index (χ1) is 32.4. The lowest BCUT2D eigenvalue weighted by atomic mass is 10.1. The van der Waals surface area contributed by atoms with Crippen molar-refractivity contribution in [3.63, 3.8) is 0 Å². The normalized spacial score (nSPS) is 12.4. The monoisotopic (exact) mass is 905 g/mol. The molecule has 3 aromatic carbocycles. The number of hydrogen-bond donors (Lipinski definition) is 0. The molecule has 0 aliphatic heterocycles. The van der Waals surface area contributed by atoms with E-state index >= 15 is 0 Å². The van der Waals surface area contributed by atoms with E-state index in [2.05, 4.69) is 60.8 Å². The zero-order chi connectivity index (χ0) is 47.0. The summed E-state index contributed by atoms with van der Waals surface area (Å²) >= 11 is 0.